The average molecular weight is 369 g/mol. The van der Waals surface area contributed by atoms with E-state index in [2.05, 4.69) is 21.7 Å². The molecule has 0 saturated carbocycles. The predicted molar refractivity (Wildman–Crippen MR) is 107 cm³/mol. The van der Waals surface area contributed by atoms with Gasteiger partial charge in [-0.2, -0.15) is 0 Å². The highest BCUT2D eigenvalue weighted by molar-refractivity contribution is 5.89. The van der Waals surface area contributed by atoms with Crippen LogP contribution in [-0.2, 0) is 17.8 Å². The molecule has 0 aliphatic rings. The molecule has 0 aliphatic carbocycles. The first-order valence-corrected chi connectivity index (χ1v) is 8.91. The van der Waals surface area contributed by atoms with Crippen molar-refractivity contribution in [1.82, 2.24) is 10.6 Å². The fourth-order valence-electron chi connectivity index (χ4n) is 2.56. The SMILES string of the molecule is CCOC(=O)c1ccc(CNC(=NC)NCc2ccc(C)cc2OC)cc1. The lowest BCUT2D eigenvalue weighted by Crippen LogP contribution is -2.36. The van der Waals surface area contributed by atoms with Gasteiger partial charge in [-0.3, -0.25) is 4.99 Å². The van der Waals surface area contributed by atoms with Gasteiger partial charge in [0.05, 0.1) is 19.3 Å². The molecular formula is C21H27N3O3. The van der Waals surface area contributed by atoms with Gasteiger partial charge in [0, 0.05) is 25.7 Å². The number of nitrogens with zero attached hydrogens (tertiary/aromatic N) is 1. The largest absolute Gasteiger partial charge is 0.496 e. The zero-order valence-electron chi connectivity index (χ0n) is 16.3. The van der Waals surface area contributed by atoms with Crippen molar-refractivity contribution in [3.05, 3.63) is 64.7 Å². The zero-order chi connectivity index (χ0) is 19.6. The van der Waals surface area contributed by atoms with Crippen LogP contribution in [0.3, 0.4) is 0 Å². The van der Waals surface area contributed by atoms with Gasteiger partial charge in [-0.15, -0.1) is 0 Å². The summed E-state index contributed by atoms with van der Waals surface area (Å²) >= 11 is 0. The second-order valence-corrected chi connectivity index (χ2v) is 6.01. The van der Waals surface area contributed by atoms with E-state index in [0.29, 0.717) is 31.2 Å². The average Bonchev–Trinajstić information content (AvgIpc) is 2.69. The molecule has 6 heteroatoms. The quantitative estimate of drug-likeness (QED) is 0.446. The number of ether oxygens (including phenoxy) is 2. The fourth-order valence-corrected chi connectivity index (χ4v) is 2.56. The van der Waals surface area contributed by atoms with E-state index in [1.807, 2.05) is 31.2 Å². The summed E-state index contributed by atoms with van der Waals surface area (Å²) in [5.41, 5.74) is 3.81. The Morgan fingerprint density at radius 3 is 2.41 bits per heavy atom. The maximum Gasteiger partial charge on any atom is 0.338 e. The normalized spacial score (nSPS) is 11.0. The second-order valence-electron chi connectivity index (χ2n) is 6.01. The molecule has 0 aliphatic heterocycles. The van der Waals surface area contributed by atoms with Crippen LogP contribution in [0, 0.1) is 6.92 Å². The van der Waals surface area contributed by atoms with Crippen molar-refractivity contribution < 1.29 is 14.3 Å². The van der Waals surface area contributed by atoms with E-state index in [0.717, 1.165) is 22.4 Å². The molecule has 0 fully saturated rings. The number of esters is 1. The van der Waals surface area contributed by atoms with Crippen molar-refractivity contribution in [2.45, 2.75) is 26.9 Å². The summed E-state index contributed by atoms with van der Waals surface area (Å²) in [4.78, 5) is 15.9. The number of hydrogen-bond donors (Lipinski definition) is 2. The first-order valence-electron chi connectivity index (χ1n) is 8.91. The number of carbonyl (C=O) groups excluding carboxylic acids is 1. The highest BCUT2D eigenvalue weighted by Gasteiger charge is 2.07. The number of benzene rings is 2. The molecule has 2 N–H and O–H groups in total. The second kappa shape index (κ2) is 10.2. The highest BCUT2D eigenvalue weighted by atomic mass is 16.5. The summed E-state index contributed by atoms with van der Waals surface area (Å²) in [5, 5.41) is 6.54. The number of methoxy groups -OCH3 is 1. The molecular weight excluding hydrogens is 342 g/mol. The molecule has 144 valence electrons. The molecule has 0 heterocycles. The van der Waals surface area contributed by atoms with Crippen molar-refractivity contribution in [3.63, 3.8) is 0 Å². The third kappa shape index (κ3) is 6.02. The highest BCUT2D eigenvalue weighted by Crippen LogP contribution is 2.19. The molecule has 27 heavy (non-hydrogen) atoms. The van der Waals surface area contributed by atoms with Crippen LogP contribution in [0.2, 0.25) is 0 Å². The lowest BCUT2D eigenvalue weighted by Gasteiger charge is -2.14. The molecule has 0 amide bonds. The Morgan fingerprint density at radius 1 is 1.07 bits per heavy atom. The molecule has 0 aromatic heterocycles. The maximum absolute atomic E-state index is 11.7. The van der Waals surface area contributed by atoms with Gasteiger partial charge in [0.15, 0.2) is 5.96 Å². The van der Waals surface area contributed by atoms with Crippen molar-refractivity contribution >= 4 is 11.9 Å². The topological polar surface area (TPSA) is 72.0 Å². The minimum atomic E-state index is -0.304. The molecule has 2 rings (SSSR count). The molecule has 0 radical (unpaired) electrons. The lowest BCUT2D eigenvalue weighted by atomic mass is 10.1. The Balaban J connectivity index is 1.89. The molecule has 0 saturated heterocycles. The number of hydrogen-bond acceptors (Lipinski definition) is 4. The number of aliphatic imine (C=N–C) groups is 1. The Morgan fingerprint density at radius 2 is 1.78 bits per heavy atom. The molecule has 0 spiro atoms. The maximum atomic E-state index is 11.7. The van der Waals surface area contributed by atoms with E-state index >= 15 is 0 Å². The van der Waals surface area contributed by atoms with Gasteiger partial charge in [0.25, 0.3) is 0 Å². The number of rotatable bonds is 7. The number of nitrogens with one attached hydrogen (secondary N) is 2. The Labute approximate surface area is 160 Å². The first kappa shape index (κ1) is 20.3. The van der Waals surface area contributed by atoms with E-state index in [9.17, 15) is 4.79 Å². The fraction of sp³-hybridized carbons (Fsp3) is 0.333. The van der Waals surface area contributed by atoms with Crippen molar-refractivity contribution in [3.8, 4) is 5.75 Å². The van der Waals surface area contributed by atoms with E-state index in [1.165, 1.54) is 0 Å². The monoisotopic (exact) mass is 369 g/mol. The summed E-state index contributed by atoms with van der Waals surface area (Å²) in [7, 11) is 3.40. The third-order valence-corrected chi connectivity index (χ3v) is 4.04. The van der Waals surface area contributed by atoms with E-state index in [4.69, 9.17) is 9.47 Å². The molecule has 0 unspecified atom stereocenters. The van der Waals surface area contributed by atoms with Gasteiger partial charge >= 0.3 is 5.97 Å². The lowest BCUT2D eigenvalue weighted by molar-refractivity contribution is 0.0526. The summed E-state index contributed by atoms with van der Waals surface area (Å²) in [6.45, 7) is 5.39. The van der Waals surface area contributed by atoms with Crippen molar-refractivity contribution in [2.75, 3.05) is 20.8 Å². The van der Waals surface area contributed by atoms with Gasteiger partial charge in [0.1, 0.15) is 5.75 Å². The summed E-state index contributed by atoms with van der Waals surface area (Å²) in [5.74, 6) is 1.24. The minimum absolute atomic E-state index is 0.304. The van der Waals surface area contributed by atoms with Crippen LogP contribution >= 0.6 is 0 Å². The summed E-state index contributed by atoms with van der Waals surface area (Å²) in [6, 6.07) is 13.4. The predicted octanol–water partition coefficient (Wildman–Crippen LogP) is 3.05. The Bertz CT molecular complexity index is 786. The summed E-state index contributed by atoms with van der Waals surface area (Å²) in [6.07, 6.45) is 0. The van der Waals surface area contributed by atoms with Gasteiger partial charge in [-0.25, -0.2) is 4.79 Å². The smallest absolute Gasteiger partial charge is 0.338 e. The Kier molecular flexibility index (Phi) is 7.67. The van der Waals surface area contributed by atoms with E-state index in [1.54, 1.807) is 33.2 Å². The Hall–Kier alpha value is -3.02. The molecule has 0 atom stereocenters. The van der Waals surface area contributed by atoms with Crippen molar-refractivity contribution in [1.29, 1.82) is 0 Å². The number of aryl methyl sites for hydroxylation is 1. The van der Waals surface area contributed by atoms with Crippen molar-refractivity contribution in [2.24, 2.45) is 4.99 Å². The third-order valence-electron chi connectivity index (χ3n) is 4.04. The zero-order valence-corrected chi connectivity index (χ0v) is 16.3. The molecule has 0 bridgehead atoms. The van der Waals surface area contributed by atoms with Gasteiger partial charge < -0.3 is 20.1 Å². The van der Waals surface area contributed by atoms with Crippen LogP contribution in [0.1, 0.15) is 34.0 Å². The summed E-state index contributed by atoms with van der Waals surface area (Å²) < 4.78 is 10.4. The van der Waals surface area contributed by atoms with Crippen LogP contribution < -0.4 is 15.4 Å². The van der Waals surface area contributed by atoms with Crippen LogP contribution in [0.4, 0.5) is 0 Å². The molecule has 2 aromatic carbocycles. The first-order chi connectivity index (χ1) is 13.1. The van der Waals surface area contributed by atoms with E-state index < -0.39 is 0 Å². The van der Waals surface area contributed by atoms with Crippen LogP contribution in [0.5, 0.6) is 5.75 Å². The minimum Gasteiger partial charge on any atom is -0.496 e. The van der Waals surface area contributed by atoms with E-state index in [-0.39, 0.29) is 5.97 Å². The van der Waals surface area contributed by atoms with Crippen LogP contribution in [0.15, 0.2) is 47.5 Å². The van der Waals surface area contributed by atoms with Gasteiger partial charge in [0.2, 0.25) is 0 Å². The number of guanidine groups is 1. The molecule has 6 nitrogen and oxygen atoms in total. The van der Waals surface area contributed by atoms with Gasteiger partial charge in [-0.05, 0) is 43.2 Å². The standard InChI is InChI=1S/C21H27N3O3/c1-5-27-20(25)17-10-7-16(8-11-17)13-23-21(22-3)24-14-18-9-6-15(2)12-19(18)26-4/h6-12H,5,13-14H2,1-4H3,(H2,22,23,24). The number of carbonyl (C=O) groups is 1. The van der Waals surface area contributed by atoms with Crippen LogP contribution in [-0.4, -0.2) is 32.7 Å². The van der Waals surface area contributed by atoms with Crippen LogP contribution in [0.25, 0.3) is 0 Å². The van der Waals surface area contributed by atoms with Gasteiger partial charge in [-0.1, -0.05) is 24.3 Å². The molecule has 2 aromatic rings.